The molecule has 3 aromatic rings. The molecule has 0 radical (unpaired) electrons. The van der Waals surface area contributed by atoms with E-state index in [0.717, 1.165) is 43.0 Å². The summed E-state index contributed by atoms with van der Waals surface area (Å²) >= 11 is 0. The number of aryl methyl sites for hydroxylation is 1. The van der Waals surface area contributed by atoms with Crippen molar-refractivity contribution in [3.8, 4) is 5.69 Å². The van der Waals surface area contributed by atoms with Gasteiger partial charge in [0, 0.05) is 45.1 Å². The van der Waals surface area contributed by atoms with Crippen molar-refractivity contribution in [2.24, 2.45) is 0 Å². The Balaban J connectivity index is 1.64. The van der Waals surface area contributed by atoms with Gasteiger partial charge in [0.1, 0.15) is 5.82 Å². The molecule has 0 unspecified atom stereocenters. The Labute approximate surface area is 183 Å². The van der Waals surface area contributed by atoms with Crippen LogP contribution in [0.5, 0.6) is 0 Å². The number of carbonyl (C=O) groups is 1. The minimum atomic E-state index is -0.213. The van der Waals surface area contributed by atoms with Crippen LogP contribution >= 0.6 is 0 Å². The summed E-state index contributed by atoms with van der Waals surface area (Å²) in [5.74, 6) is -0.104. The number of hydrogen-bond acceptors (Lipinski definition) is 3. The molecule has 5 nitrogen and oxygen atoms in total. The Morgan fingerprint density at radius 2 is 1.84 bits per heavy atom. The molecule has 4 rings (SSSR count). The third kappa shape index (κ3) is 4.69. The molecule has 0 saturated carbocycles. The minimum absolute atomic E-state index is 0.109. The Bertz CT molecular complexity index is 1060. The number of amides is 1. The van der Waals surface area contributed by atoms with E-state index in [-0.39, 0.29) is 11.7 Å². The maximum absolute atomic E-state index is 13.3. The maximum atomic E-state index is 13.3. The van der Waals surface area contributed by atoms with Crippen LogP contribution < -0.4 is 0 Å². The summed E-state index contributed by atoms with van der Waals surface area (Å²) < 4.78 is 15.3. The second-order valence-corrected chi connectivity index (χ2v) is 8.31. The minimum Gasteiger partial charge on any atom is -0.340 e. The monoisotopic (exact) mass is 420 g/mol. The zero-order valence-electron chi connectivity index (χ0n) is 18.4. The first kappa shape index (κ1) is 21.2. The summed E-state index contributed by atoms with van der Waals surface area (Å²) in [7, 11) is 1.84. The first-order valence-electron chi connectivity index (χ1n) is 10.8. The topological polar surface area (TPSA) is 41.4 Å². The van der Waals surface area contributed by atoms with Gasteiger partial charge in [0.15, 0.2) is 0 Å². The lowest BCUT2D eigenvalue weighted by atomic mass is 10.0. The smallest absolute Gasteiger partial charge is 0.222 e. The van der Waals surface area contributed by atoms with Crippen molar-refractivity contribution >= 4 is 5.91 Å². The van der Waals surface area contributed by atoms with Crippen molar-refractivity contribution in [3.05, 3.63) is 82.4 Å². The van der Waals surface area contributed by atoms with Gasteiger partial charge >= 0.3 is 0 Å². The molecule has 0 bridgehead atoms. The van der Waals surface area contributed by atoms with Crippen molar-refractivity contribution in [1.82, 2.24) is 19.6 Å². The number of aromatic nitrogens is 2. The lowest BCUT2D eigenvalue weighted by Crippen LogP contribution is -2.31. The summed E-state index contributed by atoms with van der Waals surface area (Å²) in [6.45, 7) is 6.89. The molecule has 1 aliphatic heterocycles. The number of nitrogens with zero attached hydrogens (tertiary/aromatic N) is 4. The quantitative estimate of drug-likeness (QED) is 0.599. The predicted molar refractivity (Wildman–Crippen MR) is 119 cm³/mol. The van der Waals surface area contributed by atoms with Crippen LogP contribution in [0.25, 0.3) is 5.69 Å². The Hall–Kier alpha value is -2.99. The maximum Gasteiger partial charge on any atom is 0.222 e. The third-order valence-electron chi connectivity index (χ3n) is 5.93. The van der Waals surface area contributed by atoms with Crippen LogP contribution in [0.2, 0.25) is 0 Å². The van der Waals surface area contributed by atoms with E-state index in [1.807, 2.05) is 30.8 Å². The zero-order chi connectivity index (χ0) is 22.0. The van der Waals surface area contributed by atoms with Gasteiger partial charge in [0.05, 0.1) is 23.6 Å². The van der Waals surface area contributed by atoms with Gasteiger partial charge in [0.2, 0.25) is 5.91 Å². The van der Waals surface area contributed by atoms with E-state index in [1.165, 1.54) is 29.0 Å². The average molecular weight is 421 g/mol. The highest BCUT2D eigenvalue weighted by molar-refractivity contribution is 5.75. The van der Waals surface area contributed by atoms with Gasteiger partial charge < -0.3 is 4.90 Å². The molecule has 162 valence electrons. The molecule has 2 heterocycles. The first-order valence-corrected chi connectivity index (χ1v) is 10.8. The fourth-order valence-corrected chi connectivity index (χ4v) is 4.13. The van der Waals surface area contributed by atoms with Crippen molar-refractivity contribution in [3.63, 3.8) is 0 Å². The van der Waals surface area contributed by atoms with Crippen molar-refractivity contribution in [2.75, 3.05) is 13.6 Å². The van der Waals surface area contributed by atoms with Gasteiger partial charge in [-0.25, -0.2) is 9.07 Å². The molecular formula is C25H29FN4O. The van der Waals surface area contributed by atoms with Crippen LogP contribution in [0.3, 0.4) is 0 Å². The third-order valence-corrected chi connectivity index (χ3v) is 5.93. The number of benzene rings is 2. The Morgan fingerprint density at radius 1 is 1.13 bits per heavy atom. The summed E-state index contributed by atoms with van der Waals surface area (Å²) in [6, 6.07) is 15.1. The number of rotatable bonds is 6. The lowest BCUT2D eigenvalue weighted by Gasteiger charge is -2.28. The van der Waals surface area contributed by atoms with Gasteiger partial charge in [-0.2, -0.15) is 5.10 Å². The molecule has 6 heteroatoms. The summed E-state index contributed by atoms with van der Waals surface area (Å²) in [6.07, 6.45) is 1.36. The van der Waals surface area contributed by atoms with Gasteiger partial charge in [-0.3, -0.25) is 9.69 Å². The van der Waals surface area contributed by atoms with Crippen molar-refractivity contribution in [1.29, 1.82) is 0 Å². The Morgan fingerprint density at radius 3 is 2.52 bits per heavy atom. The molecule has 1 amide bonds. The molecule has 0 atom stereocenters. The molecule has 0 saturated heterocycles. The zero-order valence-corrected chi connectivity index (χ0v) is 18.4. The number of halogens is 1. The van der Waals surface area contributed by atoms with Crippen LogP contribution in [0.15, 0.2) is 48.5 Å². The van der Waals surface area contributed by atoms with E-state index in [9.17, 15) is 9.18 Å². The van der Waals surface area contributed by atoms with E-state index < -0.39 is 0 Å². The number of hydrogen-bond donors (Lipinski definition) is 0. The normalized spacial score (nSPS) is 13.8. The molecule has 1 aliphatic rings. The SMILES string of the molecule is CCC(=O)N(C)Cc1nn(-c2ccc(C)cc2)c2c1CN(Cc1ccc(F)cc1)CC2. The molecule has 2 aromatic carbocycles. The number of fused-ring (bicyclic) bond motifs is 1. The molecule has 31 heavy (non-hydrogen) atoms. The van der Waals surface area contributed by atoms with Gasteiger partial charge in [-0.1, -0.05) is 36.8 Å². The van der Waals surface area contributed by atoms with E-state index in [0.29, 0.717) is 13.0 Å². The molecule has 0 spiro atoms. The fourth-order valence-electron chi connectivity index (χ4n) is 4.13. The van der Waals surface area contributed by atoms with Crippen LogP contribution in [0.4, 0.5) is 4.39 Å². The fraction of sp³-hybridized carbons (Fsp3) is 0.360. The van der Waals surface area contributed by atoms with E-state index in [2.05, 4.69) is 36.1 Å². The summed E-state index contributed by atoms with van der Waals surface area (Å²) in [5, 5.41) is 4.95. The van der Waals surface area contributed by atoms with Crippen molar-refractivity contribution in [2.45, 2.75) is 46.3 Å². The summed E-state index contributed by atoms with van der Waals surface area (Å²) in [4.78, 5) is 16.3. The second-order valence-electron chi connectivity index (χ2n) is 8.31. The van der Waals surface area contributed by atoms with Gasteiger partial charge in [-0.05, 0) is 36.8 Å². The van der Waals surface area contributed by atoms with E-state index in [4.69, 9.17) is 5.10 Å². The standard InChI is InChI=1S/C25H29FN4O/c1-4-25(31)28(3)17-23-22-16-29(15-19-7-9-20(26)10-8-19)14-13-24(22)30(27-23)21-11-5-18(2)6-12-21/h5-12H,4,13-17H2,1-3H3. The lowest BCUT2D eigenvalue weighted by molar-refractivity contribution is -0.130. The highest BCUT2D eigenvalue weighted by Crippen LogP contribution is 2.27. The second kappa shape index (κ2) is 9.02. The highest BCUT2D eigenvalue weighted by atomic mass is 19.1. The molecular weight excluding hydrogens is 391 g/mol. The van der Waals surface area contributed by atoms with Gasteiger partial charge in [0.25, 0.3) is 0 Å². The first-order chi connectivity index (χ1) is 14.9. The molecule has 1 aromatic heterocycles. The molecule has 0 aliphatic carbocycles. The predicted octanol–water partition coefficient (Wildman–Crippen LogP) is 4.25. The average Bonchev–Trinajstić information content (AvgIpc) is 3.13. The summed E-state index contributed by atoms with van der Waals surface area (Å²) in [5.41, 5.74) is 6.71. The largest absolute Gasteiger partial charge is 0.340 e. The van der Waals surface area contributed by atoms with Crippen LogP contribution in [0, 0.1) is 12.7 Å². The van der Waals surface area contributed by atoms with Crippen LogP contribution in [0.1, 0.15) is 41.4 Å². The van der Waals surface area contributed by atoms with E-state index in [1.54, 1.807) is 4.90 Å². The molecule has 0 fully saturated rings. The van der Waals surface area contributed by atoms with Crippen LogP contribution in [-0.4, -0.2) is 39.1 Å². The molecule has 0 N–H and O–H groups in total. The Kier molecular flexibility index (Phi) is 6.18. The van der Waals surface area contributed by atoms with E-state index >= 15 is 0 Å². The van der Waals surface area contributed by atoms with Crippen molar-refractivity contribution < 1.29 is 9.18 Å². The van der Waals surface area contributed by atoms with Crippen LogP contribution in [-0.2, 0) is 30.8 Å². The number of carbonyl (C=O) groups excluding carboxylic acids is 1. The highest BCUT2D eigenvalue weighted by Gasteiger charge is 2.26. The van der Waals surface area contributed by atoms with Gasteiger partial charge in [-0.15, -0.1) is 0 Å².